The molecule has 0 aromatic heterocycles. The van der Waals surface area contributed by atoms with Crippen LogP contribution >= 0.6 is 0 Å². The largest absolute Gasteiger partial charge is 0.507 e. The third-order valence-corrected chi connectivity index (χ3v) is 6.65. The highest BCUT2D eigenvalue weighted by Gasteiger charge is 2.46. The van der Waals surface area contributed by atoms with Crippen LogP contribution in [0, 0.1) is 0 Å². The molecule has 1 fully saturated rings. The van der Waals surface area contributed by atoms with Gasteiger partial charge in [-0.3, -0.25) is 9.59 Å². The van der Waals surface area contributed by atoms with Crippen LogP contribution < -0.4 is 9.47 Å². The van der Waals surface area contributed by atoms with Gasteiger partial charge < -0.3 is 24.4 Å². The summed E-state index contributed by atoms with van der Waals surface area (Å²) in [6.45, 7) is 10.9. The van der Waals surface area contributed by atoms with Crippen LogP contribution in [0.3, 0.4) is 0 Å². The van der Waals surface area contributed by atoms with Gasteiger partial charge in [0.1, 0.15) is 17.3 Å². The molecule has 2 aromatic rings. The highest BCUT2D eigenvalue weighted by molar-refractivity contribution is 6.46. The van der Waals surface area contributed by atoms with Crippen molar-refractivity contribution < 1.29 is 24.2 Å². The molecule has 0 bridgehead atoms. The number of hydrogen-bond donors (Lipinski definition) is 1. The van der Waals surface area contributed by atoms with Gasteiger partial charge in [-0.2, -0.15) is 0 Å². The summed E-state index contributed by atoms with van der Waals surface area (Å²) in [6.07, 6.45) is 0. The van der Waals surface area contributed by atoms with Crippen molar-refractivity contribution in [3.05, 3.63) is 64.7 Å². The Morgan fingerprint density at radius 2 is 1.69 bits per heavy atom. The van der Waals surface area contributed by atoms with Crippen LogP contribution in [0.2, 0.25) is 0 Å². The Morgan fingerprint density at radius 1 is 1.03 bits per heavy atom. The van der Waals surface area contributed by atoms with Gasteiger partial charge in [-0.25, -0.2) is 0 Å². The van der Waals surface area contributed by atoms with E-state index in [0.29, 0.717) is 30.2 Å². The summed E-state index contributed by atoms with van der Waals surface area (Å²) in [4.78, 5) is 30.2. The molecule has 0 spiro atoms. The number of ether oxygens (including phenoxy) is 2. The van der Waals surface area contributed by atoms with Gasteiger partial charge in [0, 0.05) is 18.7 Å². The number of methoxy groups -OCH3 is 2. The number of likely N-dealkylation sites (tertiary alicyclic amines) is 1. The zero-order chi connectivity index (χ0) is 25.7. The number of Topliss-reactive ketones (excluding diaryl/α,β-unsaturated/α-hetero) is 1. The number of aliphatic hydroxyl groups is 1. The number of hydrogen-bond acceptors (Lipinski definition) is 6. The third kappa shape index (κ3) is 5.35. The molecule has 188 valence electrons. The van der Waals surface area contributed by atoms with Crippen molar-refractivity contribution in [2.45, 2.75) is 39.7 Å². The Hall–Kier alpha value is -3.32. The molecule has 35 heavy (non-hydrogen) atoms. The molecule has 1 atom stereocenters. The predicted molar refractivity (Wildman–Crippen MR) is 137 cm³/mol. The number of nitrogens with zero attached hydrogens (tertiary/aromatic N) is 2. The molecule has 0 aliphatic carbocycles. The molecule has 7 heteroatoms. The van der Waals surface area contributed by atoms with E-state index < -0.39 is 17.7 Å². The molecule has 1 heterocycles. The lowest BCUT2D eigenvalue weighted by Gasteiger charge is -2.28. The van der Waals surface area contributed by atoms with E-state index >= 15 is 0 Å². The maximum Gasteiger partial charge on any atom is 0.295 e. The summed E-state index contributed by atoms with van der Waals surface area (Å²) < 4.78 is 10.7. The third-order valence-electron chi connectivity index (χ3n) is 6.65. The van der Waals surface area contributed by atoms with Crippen molar-refractivity contribution in [3.8, 4) is 11.5 Å². The second kappa shape index (κ2) is 11.4. The number of carbonyl (C=O) groups excluding carboxylic acids is 2. The number of likely N-dealkylation sites (N-methyl/N-ethyl adjacent to an activating group) is 1. The summed E-state index contributed by atoms with van der Waals surface area (Å²) >= 11 is 0. The first-order chi connectivity index (χ1) is 16.8. The molecule has 1 aliphatic heterocycles. The van der Waals surface area contributed by atoms with Crippen molar-refractivity contribution in [1.29, 1.82) is 0 Å². The lowest BCUT2D eigenvalue weighted by Crippen LogP contribution is -2.38. The Morgan fingerprint density at radius 3 is 2.23 bits per heavy atom. The minimum Gasteiger partial charge on any atom is -0.507 e. The number of aliphatic hydroxyl groups excluding tert-OH is 1. The molecule has 1 unspecified atom stereocenters. The Labute approximate surface area is 207 Å². The smallest absolute Gasteiger partial charge is 0.295 e. The van der Waals surface area contributed by atoms with E-state index in [-0.39, 0.29) is 17.3 Å². The molecular formula is C28H36N2O5. The average molecular weight is 481 g/mol. The van der Waals surface area contributed by atoms with E-state index in [2.05, 4.69) is 18.7 Å². The van der Waals surface area contributed by atoms with Crippen molar-refractivity contribution in [2.24, 2.45) is 0 Å². The van der Waals surface area contributed by atoms with Gasteiger partial charge in [-0.15, -0.1) is 0 Å². The van der Waals surface area contributed by atoms with Crippen LogP contribution in [0.15, 0.2) is 48.0 Å². The van der Waals surface area contributed by atoms with E-state index in [1.165, 1.54) is 0 Å². The van der Waals surface area contributed by atoms with E-state index in [9.17, 15) is 14.7 Å². The lowest BCUT2D eigenvalue weighted by molar-refractivity contribution is -0.140. The van der Waals surface area contributed by atoms with Crippen molar-refractivity contribution >= 4 is 17.4 Å². The first-order valence-electron chi connectivity index (χ1n) is 12.1. The van der Waals surface area contributed by atoms with Gasteiger partial charge in [0.25, 0.3) is 11.7 Å². The SMILES string of the molecule is CCN(CC)CCN1C(=O)C(=O)/C(=C(\O)c2ccc(OC)c(C(C)C)c2)C1c1ccc(OC)cc1. The van der Waals surface area contributed by atoms with Gasteiger partial charge >= 0.3 is 0 Å². The van der Waals surface area contributed by atoms with Crippen LogP contribution in [0.25, 0.3) is 5.76 Å². The Kier molecular flexibility index (Phi) is 8.57. The van der Waals surface area contributed by atoms with Crippen LogP contribution in [-0.4, -0.2) is 67.0 Å². The fourth-order valence-corrected chi connectivity index (χ4v) is 4.52. The normalized spacial score (nSPS) is 17.5. The summed E-state index contributed by atoms with van der Waals surface area (Å²) in [5, 5.41) is 11.4. The first-order valence-corrected chi connectivity index (χ1v) is 12.1. The van der Waals surface area contributed by atoms with Gasteiger partial charge in [-0.05, 0) is 60.5 Å². The Bertz CT molecular complexity index is 1090. The zero-order valence-electron chi connectivity index (χ0n) is 21.5. The maximum absolute atomic E-state index is 13.3. The topological polar surface area (TPSA) is 79.3 Å². The van der Waals surface area contributed by atoms with Crippen LogP contribution in [0.5, 0.6) is 11.5 Å². The molecule has 0 saturated carbocycles. The number of ketones is 1. The van der Waals surface area contributed by atoms with Gasteiger partial charge in [-0.1, -0.05) is 39.8 Å². The van der Waals surface area contributed by atoms with E-state index in [1.807, 2.05) is 32.0 Å². The number of amides is 1. The van der Waals surface area contributed by atoms with Gasteiger partial charge in [0.05, 0.1) is 25.8 Å². The van der Waals surface area contributed by atoms with Gasteiger partial charge in [0.15, 0.2) is 0 Å². The van der Waals surface area contributed by atoms with Crippen molar-refractivity contribution in [2.75, 3.05) is 40.4 Å². The molecule has 3 rings (SSSR count). The molecule has 1 aliphatic rings. The molecule has 2 aromatic carbocycles. The standard InChI is InChI=1S/C28H36N2O5/c1-7-29(8-2)15-16-30-25(19-9-12-21(34-5)13-10-19)24(27(32)28(30)33)26(31)20-11-14-23(35-6)22(17-20)18(3)4/h9-14,17-18,25,31H,7-8,15-16H2,1-6H3/b26-24-. The quantitative estimate of drug-likeness (QED) is 0.304. The maximum atomic E-state index is 13.3. The minimum atomic E-state index is -0.693. The molecule has 0 radical (unpaired) electrons. The average Bonchev–Trinajstić information content (AvgIpc) is 3.13. The molecular weight excluding hydrogens is 444 g/mol. The number of benzene rings is 2. The molecule has 1 amide bonds. The Balaban J connectivity index is 2.14. The fourth-order valence-electron chi connectivity index (χ4n) is 4.52. The van der Waals surface area contributed by atoms with Crippen LogP contribution in [-0.2, 0) is 9.59 Å². The second-order valence-electron chi connectivity index (χ2n) is 8.90. The summed E-state index contributed by atoms with van der Waals surface area (Å²) in [7, 11) is 3.19. The molecule has 1 saturated heterocycles. The zero-order valence-corrected chi connectivity index (χ0v) is 21.5. The predicted octanol–water partition coefficient (Wildman–Crippen LogP) is 4.59. The highest BCUT2D eigenvalue weighted by Crippen LogP contribution is 2.40. The fraction of sp³-hybridized carbons (Fsp3) is 0.429. The second-order valence-corrected chi connectivity index (χ2v) is 8.90. The van der Waals surface area contributed by atoms with Crippen molar-refractivity contribution in [1.82, 2.24) is 9.80 Å². The molecule has 1 N–H and O–H groups in total. The van der Waals surface area contributed by atoms with E-state index in [0.717, 1.165) is 24.2 Å². The summed E-state index contributed by atoms with van der Waals surface area (Å²) in [5.74, 6) is 0.0704. The lowest BCUT2D eigenvalue weighted by atomic mass is 9.93. The number of rotatable bonds is 10. The van der Waals surface area contributed by atoms with E-state index in [1.54, 1.807) is 43.4 Å². The first kappa shape index (κ1) is 26.3. The monoisotopic (exact) mass is 480 g/mol. The summed E-state index contributed by atoms with van der Waals surface area (Å²) in [5.41, 5.74) is 2.23. The number of carbonyl (C=O) groups is 2. The summed E-state index contributed by atoms with van der Waals surface area (Å²) in [6, 6.07) is 11.9. The van der Waals surface area contributed by atoms with Crippen LogP contribution in [0.1, 0.15) is 56.3 Å². The molecule has 7 nitrogen and oxygen atoms in total. The van der Waals surface area contributed by atoms with E-state index in [4.69, 9.17) is 9.47 Å². The highest BCUT2D eigenvalue weighted by atomic mass is 16.5. The van der Waals surface area contributed by atoms with Gasteiger partial charge in [0.2, 0.25) is 0 Å². The van der Waals surface area contributed by atoms with Crippen molar-refractivity contribution in [3.63, 3.8) is 0 Å². The minimum absolute atomic E-state index is 0.0968. The van der Waals surface area contributed by atoms with Crippen LogP contribution in [0.4, 0.5) is 0 Å².